The van der Waals surface area contributed by atoms with E-state index in [0.29, 0.717) is 0 Å². The molecule has 0 fully saturated rings. The Labute approximate surface area is 346 Å². The summed E-state index contributed by atoms with van der Waals surface area (Å²) in [6.07, 6.45) is 0. The first kappa shape index (κ1) is 34.9. The molecule has 9 aromatic carbocycles. The van der Waals surface area contributed by atoms with E-state index in [1.54, 1.807) is 0 Å². The monoisotopic (exact) mass is 751 g/mol. The molecule has 278 valence electrons. The maximum Gasteiger partial charge on any atom is 0.0715 e. The van der Waals surface area contributed by atoms with Gasteiger partial charge in [0.15, 0.2) is 0 Å². The number of fused-ring (bicyclic) bond motifs is 5. The number of hydrogen-bond donors (Lipinski definition) is 0. The highest BCUT2D eigenvalue weighted by atomic mass is 14.7. The highest BCUT2D eigenvalue weighted by Crippen LogP contribution is 2.52. The van der Waals surface area contributed by atoms with E-state index in [9.17, 15) is 0 Å². The fourth-order valence-electron chi connectivity index (χ4n) is 9.52. The summed E-state index contributed by atoms with van der Waals surface area (Å²) in [6, 6.07) is 77.4. The second-order valence-corrected chi connectivity index (χ2v) is 16.3. The maximum atomic E-state index is 5.36. The van der Waals surface area contributed by atoms with Gasteiger partial charge in [-0.15, -0.1) is 0 Å². The molecule has 1 heteroatoms. The Balaban J connectivity index is 0.994. The van der Waals surface area contributed by atoms with Crippen molar-refractivity contribution in [3.63, 3.8) is 0 Å². The van der Waals surface area contributed by atoms with Gasteiger partial charge in [0.25, 0.3) is 0 Å². The van der Waals surface area contributed by atoms with Crippen LogP contribution in [0.25, 0.3) is 99.7 Å². The second-order valence-electron chi connectivity index (χ2n) is 16.3. The molecule has 11 rings (SSSR count). The summed E-state index contributed by atoms with van der Waals surface area (Å²) in [5.41, 5.74) is 19.1. The topological polar surface area (TPSA) is 12.9 Å². The lowest BCUT2D eigenvalue weighted by atomic mass is 9.79. The van der Waals surface area contributed by atoms with Gasteiger partial charge in [0.2, 0.25) is 0 Å². The summed E-state index contributed by atoms with van der Waals surface area (Å²) in [7, 11) is 0. The summed E-state index contributed by atoms with van der Waals surface area (Å²) in [6.45, 7) is 4.71. The van der Waals surface area contributed by atoms with E-state index in [-0.39, 0.29) is 5.41 Å². The van der Waals surface area contributed by atoms with Crippen LogP contribution in [0, 0.1) is 0 Å². The van der Waals surface area contributed by atoms with Crippen molar-refractivity contribution in [1.29, 1.82) is 0 Å². The molecule has 0 spiro atoms. The molecule has 0 bridgehead atoms. The van der Waals surface area contributed by atoms with Crippen molar-refractivity contribution in [2.75, 3.05) is 0 Å². The quantitative estimate of drug-likeness (QED) is 0.165. The predicted octanol–water partition coefficient (Wildman–Crippen LogP) is 15.7. The number of benzene rings is 9. The molecule has 10 aromatic rings. The van der Waals surface area contributed by atoms with E-state index in [0.717, 1.165) is 33.6 Å². The SMILES string of the molecule is CC1(C)c2ccccc2-c2cccc(-c3ccc(-c4cc(-c5ccc(-c6cccc7ccccc67)cc5)cc(-c5ccc(-c6cccc7ccccc67)cc5)n4)cc3)c21. The number of nitrogens with zero attached hydrogens (tertiary/aromatic N) is 1. The van der Waals surface area contributed by atoms with Gasteiger partial charge in [0, 0.05) is 16.5 Å². The Morgan fingerprint density at radius 3 is 1.27 bits per heavy atom. The fraction of sp³-hybridized carbons (Fsp3) is 0.0517. The Bertz CT molecular complexity index is 3050. The third-order valence-electron chi connectivity index (χ3n) is 12.5. The van der Waals surface area contributed by atoms with Crippen molar-refractivity contribution in [3.8, 4) is 78.1 Å². The Morgan fingerprint density at radius 2 is 0.695 bits per heavy atom. The largest absolute Gasteiger partial charge is 0.248 e. The van der Waals surface area contributed by atoms with Crippen LogP contribution in [0.2, 0.25) is 0 Å². The lowest BCUT2D eigenvalue weighted by Crippen LogP contribution is -2.16. The van der Waals surface area contributed by atoms with Gasteiger partial charge < -0.3 is 0 Å². The number of hydrogen-bond acceptors (Lipinski definition) is 1. The zero-order valence-corrected chi connectivity index (χ0v) is 33.2. The van der Waals surface area contributed by atoms with Gasteiger partial charge in [-0.25, -0.2) is 4.98 Å². The Kier molecular flexibility index (Phi) is 8.24. The van der Waals surface area contributed by atoms with Crippen LogP contribution in [0.15, 0.2) is 212 Å². The van der Waals surface area contributed by atoms with Gasteiger partial charge >= 0.3 is 0 Å². The van der Waals surface area contributed by atoms with Gasteiger partial charge in [0.05, 0.1) is 11.4 Å². The van der Waals surface area contributed by atoms with E-state index in [2.05, 4.69) is 226 Å². The molecule has 59 heavy (non-hydrogen) atoms. The lowest BCUT2D eigenvalue weighted by Gasteiger charge is -2.24. The Hall–Kier alpha value is -7.35. The zero-order chi connectivity index (χ0) is 39.5. The molecule has 1 aliphatic rings. The van der Waals surface area contributed by atoms with Crippen molar-refractivity contribution in [3.05, 3.63) is 223 Å². The molecule has 1 nitrogen and oxygen atoms in total. The van der Waals surface area contributed by atoms with E-state index >= 15 is 0 Å². The first-order chi connectivity index (χ1) is 29.0. The van der Waals surface area contributed by atoms with Crippen molar-refractivity contribution in [2.24, 2.45) is 0 Å². The third-order valence-corrected chi connectivity index (χ3v) is 12.5. The van der Waals surface area contributed by atoms with Crippen LogP contribution in [0.5, 0.6) is 0 Å². The Morgan fingerprint density at radius 1 is 0.305 bits per heavy atom. The minimum Gasteiger partial charge on any atom is -0.248 e. The number of pyridine rings is 1. The predicted molar refractivity (Wildman–Crippen MR) is 249 cm³/mol. The molecule has 0 amide bonds. The molecule has 1 aliphatic carbocycles. The summed E-state index contributed by atoms with van der Waals surface area (Å²) < 4.78 is 0. The first-order valence-corrected chi connectivity index (χ1v) is 20.5. The van der Waals surface area contributed by atoms with Crippen LogP contribution in [0.3, 0.4) is 0 Å². The normalized spacial score (nSPS) is 12.7. The zero-order valence-electron chi connectivity index (χ0n) is 33.2. The number of aromatic nitrogens is 1. The molecule has 0 unspecified atom stereocenters. The highest BCUT2D eigenvalue weighted by Gasteiger charge is 2.37. The first-order valence-electron chi connectivity index (χ1n) is 20.5. The van der Waals surface area contributed by atoms with E-state index in [1.165, 1.54) is 77.2 Å². The van der Waals surface area contributed by atoms with Crippen LogP contribution in [0.4, 0.5) is 0 Å². The van der Waals surface area contributed by atoms with Gasteiger partial charge in [-0.3, -0.25) is 0 Å². The molecule has 0 saturated heterocycles. The highest BCUT2D eigenvalue weighted by molar-refractivity contribution is 5.98. The van der Waals surface area contributed by atoms with Crippen LogP contribution in [-0.4, -0.2) is 4.98 Å². The van der Waals surface area contributed by atoms with E-state index in [4.69, 9.17) is 4.98 Å². The van der Waals surface area contributed by atoms with Crippen LogP contribution in [0.1, 0.15) is 25.0 Å². The summed E-state index contributed by atoms with van der Waals surface area (Å²) in [4.78, 5) is 5.36. The third kappa shape index (κ3) is 5.97. The number of rotatable bonds is 6. The van der Waals surface area contributed by atoms with Crippen molar-refractivity contribution < 1.29 is 0 Å². The van der Waals surface area contributed by atoms with E-state index in [1.807, 2.05) is 0 Å². The van der Waals surface area contributed by atoms with Crippen molar-refractivity contribution in [1.82, 2.24) is 4.98 Å². The molecule has 0 N–H and O–H groups in total. The van der Waals surface area contributed by atoms with Crippen LogP contribution >= 0.6 is 0 Å². The second kappa shape index (κ2) is 13.9. The minimum absolute atomic E-state index is 0.0850. The van der Waals surface area contributed by atoms with Crippen LogP contribution in [-0.2, 0) is 5.41 Å². The molecule has 1 heterocycles. The average Bonchev–Trinajstić information content (AvgIpc) is 3.54. The maximum absolute atomic E-state index is 5.36. The fourth-order valence-corrected chi connectivity index (χ4v) is 9.52. The molecule has 0 aliphatic heterocycles. The molecule has 0 saturated carbocycles. The van der Waals surface area contributed by atoms with Crippen LogP contribution < -0.4 is 0 Å². The van der Waals surface area contributed by atoms with E-state index < -0.39 is 0 Å². The van der Waals surface area contributed by atoms with Gasteiger partial charge in [0.1, 0.15) is 0 Å². The smallest absolute Gasteiger partial charge is 0.0715 e. The molecular formula is C58H41N. The minimum atomic E-state index is -0.0850. The van der Waals surface area contributed by atoms with Crippen molar-refractivity contribution >= 4 is 21.5 Å². The average molecular weight is 752 g/mol. The summed E-state index contributed by atoms with van der Waals surface area (Å²) in [5, 5.41) is 5.02. The lowest BCUT2D eigenvalue weighted by molar-refractivity contribution is 0.662. The van der Waals surface area contributed by atoms with Gasteiger partial charge in [-0.1, -0.05) is 214 Å². The standard InChI is InChI=1S/C58H41N/c1-58(2)54-23-8-7-18-52(54)53-22-11-21-51(57(53)58)43-30-34-45(35-31-43)56-37-46(38-24-26-41(27-25-38)49-19-9-14-39-12-3-5-16-47(39)49)36-55(59-56)44-32-28-42(29-33-44)50-20-10-15-40-13-4-6-17-48(40)50/h3-37H,1-2H3. The van der Waals surface area contributed by atoms with Crippen molar-refractivity contribution in [2.45, 2.75) is 19.3 Å². The molecular weight excluding hydrogens is 711 g/mol. The summed E-state index contributed by atoms with van der Waals surface area (Å²) in [5.74, 6) is 0. The van der Waals surface area contributed by atoms with Gasteiger partial charge in [-0.05, 0) is 100 Å². The molecule has 0 atom stereocenters. The molecule has 1 aromatic heterocycles. The van der Waals surface area contributed by atoms with Gasteiger partial charge in [-0.2, -0.15) is 0 Å². The molecule has 0 radical (unpaired) electrons. The summed E-state index contributed by atoms with van der Waals surface area (Å²) >= 11 is 0.